The van der Waals surface area contributed by atoms with Crippen LogP contribution in [-0.4, -0.2) is 45.2 Å². The van der Waals surface area contributed by atoms with E-state index in [9.17, 15) is 10.2 Å². The number of aliphatic carboxylic acids is 3. The first kappa shape index (κ1) is 36.1. The summed E-state index contributed by atoms with van der Waals surface area (Å²) < 4.78 is 5.18. The van der Waals surface area contributed by atoms with Crippen molar-refractivity contribution in [3.8, 4) is 51.2 Å². The molecule has 12 heteroatoms. The molecule has 0 aliphatic heterocycles. The minimum absolute atomic E-state index is 0. The van der Waals surface area contributed by atoms with E-state index in [0.717, 1.165) is 20.8 Å². The fraction of sp³-hybridized carbons (Fsp3) is 0.138. The molecule has 0 aliphatic rings. The molecule has 0 radical (unpaired) electrons. The SMILES string of the molecule is CC(=O)[O-].CC(=O)[O-].CC(=O)[O-].COc1cccc(-c2cccc(-c3cccc(-c4ccccc4O)n3)n2)c1O.[Mn+3]. The monoisotopic (exact) mass is 602 g/mol. The summed E-state index contributed by atoms with van der Waals surface area (Å²) in [5.74, 6) is -2.63. The summed E-state index contributed by atoms with van der Waals surface area (Å²) in [6.45, 7) is 2.92. The van der Waals surface area contributed by atoms with E-state index in [1.54, 1.807) is 30.3 Å². The van der Waals surface area contributed by atoms with E-state index in [-0.39, 0.29) is 28.6 Å². The van der Waals surface area contributed by atoms with Gasteiger partial charge in [-0.2, -0.15) is 0 Å². The van der Waals surface area contributed by atoms with E-state index in [1.165, 1.54) is 7.11 Å². The number of carboxylic acids is 3. The Balaban J connectivity index is 0.00000105. The number of para-hydroxylation sites is 2. The van der Waals surface area contributed by atoms with Crippen LogP contribution in [0.5, 0.6) is 17.2 Å². The summed E-state index contributed by atoms with van der Waals surface area (Å²) in [4.78, 5) is 36.0. The Labute approximate surface area is 247 Å². The van der Waals surface area contributed by atoms with Gasteiger partial charge >= 0.3 is 17.1 Å². The average Bonchev–Trinajstić information content (AvgIpc) is 2.88. The molecule has 0 unspecified atom stereocenters. The molecule has 0 bridgehead atoms. The van der Waals surface area contributed by atoms with Crippen molar-refractivity contribution in [2.24, 2.45) is 0 Å². The van der Waals surface area contributed by atoms with Crippen LogP contribution in [0.4, 0.5) is 0 Å². The number of rotatable bonds is 4. The molecular weight excluding hydrogens is 575 g/mol. The van der Waals surface area contributed by atoms with Gasteiger partial charge in [0.25, 0.3) is 0 Å². The van der Waals surface area contributed by atoms with E-state index in [2.05, 4.69) is 9.97 Å². The van der Waals surface area contributed by atoms with E-state index in [0.29, 0.717) is 39.7 Å². The van der Waals surface area contributed by atoms with Crippen LogP contribution in [0, 0.1) is 0 Å². The zero-order chi connectivity index (χ0) is 30.2. The number of ether oxygens (including phenoxy) is 1. The minimum atomic E-state index is -1.08. The predicted octanol–water partition coefficient (Wildman–Crippen LogP) is 1.16. The van der Waals surface area contributed by atoms with Gasteiger partial charge in [-0.05, 0) is 69.3 Å². The Morgan fingerprint density at radius 3 is 1.41 bits per heavy atom. The molecule has 0 fully saturated rings. The van der Waals surface area contributed by atoms with E-state index < -0.39 is 17.9 Å². The largest absolute Gasteiger partial charge is 3.00 e. The first-order valence-electron chi connectivity index (χ1n) is 11.5. The van der Waals surface area contributed by atoms with Crippen LogP contribution in [0.1, 0.15) is 20.8 Å². The summed E-state index contributed by atoms with van der Waals surface area (Å²) in [6, 6.07) is 23.5. The summed E-state index contributed by atoms with van der Waals surface area (Å²) in [7, 11) is 1.51. The smallest absolute Gasteiger partial charge is 0.550 e. The number of phenolic OH excluding ortho intramolecular Hbond substituents is 2. The first-order chi connectivity index (χ1) is 18.9. The quantitative estimate of drug-likeness (QED) is 0.318. The fourth-order valence-corrected chi connectivity index (χ4v) is 3.04. The van der Waals surface area contributed by atoms with Crippen LogP contribution in [0.3, 0.4) is 0 Å². The zero-order valence-electron chi connectivity index (χ0n) is 22.5. The van der Waals surface area contributed by atoms with Crippen LogP contribution in [0.15, 0.2) is 78.9 Å². The molecule has 4 rings (SSSR count). The van der Waals surface area contributed by atoms with Crippen molar-refractivity contribution in [2.75, 3.05) is 7.11 Å². The van der Waals surface area contributed by atoms with Gasteiger partial charge in [0.15, 0.2) is 11.5 Å². The Hall–Kier alpha value is -4.93. The molecule has 2 heterocycles. The number of nitrogens with zero attached hydrogens (tertiary/aromatic N) is 2. The number of carbonyl (C=O) groups is 3. The predicted molar refractivity (Wildman–Crippen MR) is 140 cm³/mol. The number of hydrogen-bond donors (Lipinski definition) is 2. The van der Waals surface area contributed by atoms with Crippen LogP contribution < -0.4 is 20.1 Å². The number of benzene rings is 2. The molecule has 0 saturated heterocycles. The third-order valence-corrected chi connectivity index (χ3v) is 4.44. The van der Waals surface area contributed by atoms with Crippen LogP contribution in [0.2, 0.25) is 0 Å². The maximum Gasteiger partial charge on any atom is 3.00 e. The second-order valence-electron chi connectivity index (χ2n) is 7.66. The number of phenols is 2. The minimum Gasteiger partial charge on any atom is -0.550 e. The number of aromatic hydroxyl groups is 2. The normalized spacial score (nSPS) is 9.07. The zero-order valence-corrected chi connectivity index (χ0v) is 23.7. The topological polar surface area (TPSA) is 196 Å². The fourth-order valence-electron chi connectivity index (χ4n) is 3.04. The van der Waals surface area contributed by atoms with Gasteiger partial charge in [0.2, 0.25) is 0 Å². The van der Waals surface area contributed by atoms with Crippen molar-refractivity contribution in [3.63, 3.8) is 0 Å². The van der Waals surface area contributed by atoms with Crippen molar-refractivity contribution in [1.82, 2.24) is 9.97 Å². The van der Waals surface area contributed by atoms with Crippen LogP contribution in [-0.2, 0) is 31.5 Å². The molecule has 0 spiro atoms. The molecule has 2 aromatic heterocycles. The Morgan fingerprint density at radius 1 is 0.610 bits per heavy atom. The Kier molecular flexibility index (Phi) is 16.2. The molecule has 41 heavy (non-hydrogen) atoms. The first-order valence-corrected chi connectivity index (χ1v) is 11.5. The van der Waals surface area contributed by atoms with Gasteiger partial charge < -0.3 is 44.7 Å². The molecule has 0 saturated carbocycles. The van der Waals surface area contributed by atoms with Gasteiger partial charge in [-0.25, -0.2) is 9.97 Å². The maximum absolute atomic E-state index is 10.4. The molecule has 2 N–H and O–H groups in total. The molecule has 0 amide bonds. The van der Waals surface area contributed by atoms with Gasteiger partial charge in [0, 0.05) is 29.0 Å². The molecular formula is C29H27MnN2O9. The second-order valence-corrected chi connectivity index (χ2v) is 7.66. The number of hydrogen-bond acceptors (Lipinski definition) is 11. The molecule has 0 atom stereocenters. The third-order valence-electron chi connectivity index (χ3n) is 4.44. The molecule has 4 aromatic rings. The van der Waals surface area contributed by atoms with E-state index in [4.69, 9.17) is 34.4 Å². The van der Waals surface area contributed by atoms with Crippen molar-refractivity contribution >= 4 is 17.9 Å². The van der Waals surface area contributed by atoms with E-state index in [1.807, 2.05) is 48.5 Å². The van der Waals surface area contributed by atoms with Crippen molar-refractivity contribution < 1.29 is 61.7 Å². The Morgan fingerprint density at radius 2 is 0.976 bits per heavy atom. The van der Waals surface area contributed by atoms with Crippen LogP contribution in [0.25, 0.3) is 33.9 Å². The summed E-state index contributed by atoms with van der Waals surface area (Å²) in [6.07, 6.45) is 0. The van der Waals surface area contributed by atoms with E-state index >= 15 is 0 Å². The van der Waals surface area contributed by atoms with Crippen molar-refractivity contribution in [2.45, 2.75) is 20.8 Å². The second kappa shape index (κ2) is 18.4. The van der Waals surface area contributed by atoms with Crippen molar-refractivity contribution in [3.05, 3.63) is 78.9 Å². The number of pyridine rings is 2. The third kappa shape index (κ3) is 13.1. The Bertz CT molecular complexity index is 1400. The summed E-state index contributed by atoms with van der Waals surface area (Å²) in [5, 5.41) is 47.2. The van der Waals surface area contributed by atoms with Crippen LogP contribution >= 0.6 is 0 Å². The van der Waals surface area contributed by atoms with Gasteiger partial charge in [0.05, 0.1) is 29.9 Å². The molecule has 11 nitrogen and oxygen atoms in total. The molecule has 0 aliphatic carbocycles. The summed E-state index contributed by atoms with van der Waals surface area (Å²) >= 11 is 0. The van der Waals surface area contributed by atoms with Crippen molar-refractivity contribution in [1.29, 1.82) is 0 Å². The number of carbonyl (C=O) groups excluding carboxylic acids is 3. The van der Waals surface area contributed by atoms with Gasteiger partial charge in [-0.15, -0.1) is 0 Å². The molecule has 2 aromatic carbocycles. The number of carboxylic acid groups (broad SMARTS) is 3. The number of methoxy groups -OCH3 is 1. The maximum atomic E-state index is 10.4. The molecule has 214 valence electrons. The van der Waals surface area contributed by atoms with Gasteiger partial charge in [-0.1, -0.05) is 30.3 Å². The van der Waals surface area contributed by atoms with Gasteiger partial charge in [0.1, 0.15) is 5.75 Å². The average molecular weight is 602 g/mol. The standard InChI is InChI=1S/C23H18N2O3.3C2H4O2.Mn/c1-28-22-14-4-8-16(23(22)27)18-10-6-12-20(25-18)19-11-5-9-17(24-19)15-7-2-3-13-21(15)26;3*1-2(3)4;/h2-14,26-27H,1H3;3*1H3,(H,3,4);/q;;;;+3/p-3. The number of aromatic nitrogens is 2. The summed E-state index contributed by atoms with van der Waals surface area (Å²) in [5.41, 5.74) is 3.85. The van der Waals surface area contributed by atoms with Gasteiger partial charge in [-0.3, -0.25) is 0 Å².